The van der Waals surface area contributed by atoms with Gasteiger partial charge >= 0.3 is 11.9 Å². The van der Waals surface area contributed by atoms with E-state index < -0.39 is 23.9 Å². The van der Waals surface area contributed by atoms with Crippen molar-refractivity contribution in [3.8, 4) is 0 Å². The number of nitrogens with one attached hydrogen (secondary N) is 1. The van der Waals surface area contributed by atoms with Gasteiger partial charge in [0.15, 0.2) is 0 Å². The summed E-state index contributed by atoms with van der Waals surface area (Å²) < 4.78 is 0. The van der Waals surface area contributed by atoms with Crippen LogP contribution in [0.5, 0.6) is 0 Å². The highest BCUT2D eigenvalue weighted by Gasteiger charge is 2.30. The lowest BCUT2D eigenvalue weighted by Gasteiger charge is -2.14. The molecular weight excluding hydrogens is 414 g/mol. The third-order valence-electron chi connectivity index (χ3n) is 5.64. The van der Waals surface area contributed by atoms with E-state index in [2.05, 4.69) is 20.2 Å². The Bertz CT molecular complexity index is 995. The van der Waals surface area contributed by atoms with E-state index in [0.29, 0.717) is 11.4 Å². The summed E-state index contributed by atoms with van der Waals surface area (Å²) >= 11 is 0. The average Bonchev–Trinajstić information content (AvgIpc) is 3.08. The summed E-state index contributed by atoms with van der Waals surface area (Å²) in [5.41, 5.74) is 8.46. The number of carbonyl (C=O) groups excluding carboxylic acids is 1. The topological polar surface area (TPSA) is 159 Å². The van der Waals surface area contributed by atoms with E-state index in [-0.39, 0.29) is 18.8 Å². The molecule has 0 saturated heterocycles. The summed E-state index contributed by atoms with van der Waals surface area (Å²) in [6, 6.07) is 5.72. The summed E-state index contributed by atoms with van der Waals surface area (Å²) in [5.74, 6) is -1.22. The second-order valence-electron chi connectivity index (χ2n) is 7.96. The number of aliphatic carboxylic acids is 2. The van der Waals surface area contributed by atoms with E-state index in [9.17, 15) is 19.5 Å². The van der Waals surface area contributed by atoms with Crippen LogP contribution in [0.4, 0.5) is 11.6 Å². The Morgan fingerprint density at radius 1 is 1.22 bits per heavy atom. The lowest BCUT2D eigenvalue weighted by atomic mass is 9.95. The largest absolute Gasteiger partial charge is 0.481 e. The third kappa shape index (κ3) is 5.51. The molecule has 1 amide bonds. The highest BCUT2D eigenvalue weighted by atomic mass is 16.4. The molecule has 1 aromatic heterocycles. The minimum Gasteiger partial charge on any atom is -0.481 e. The minimum absolute atomic E-state index is 0.177. The van der Waals surface area contributed by atoms with E-state index in [4.69, 9.17) is 10.8 Å². The predicted molar refractivity (Wildman–Crippen MR) is 118 cm³/mol. The van der Waals surface area contributed by atoms with Gasteiger partial charge in [0.25, 0.3) is 5.91 Å². The first-order chi connectivity index (χ1) is 15.3. The molecule has 0 bridgehead atoms. The van der Waals surface area contributed by atoms with Gasteiger partial charge in [0.1, 0.15) is 24.0 Å². The van der Waals surface area contributed by atoms with Crippen LogP contribution in [0, 0.1) is 0 Å². The molecule has 10 heteroatoms. The molecule has 2 aromatic rings. The number of hydrogen-bond donors (Lipinski definition) is 4. The number of rotatable bonds is 10. The predicted octanol–water partition coefficient (Wildman–Crippen LogP) is 1.66. The Labute approximate surface area is 185 Å². The zero-order valence-electron chi connectivity index (χ0n) is 17.8. The van der Waals surface area contributed by atoms with Gasteiger partial charge in [-0.3, -0.25) is 9.59 Å². The normalized spacial score (nSPS) is 15.8. The second kappa shape index (κ2) is 10.1. The van der Waals surface area contributed by atoms with Gasteiger partial charge in [-0.25, -0.2) is 14.8 Å². The van der Waals surface area contributed by atoms with Gasteiger partial charge in [0, 0.05) is 37.1 Å². The molecule has 1 unspecified atom stereocenters. The van der Waals surface area contributed by atoms with Crippen molar-refractivity contribution in [2.45, 2.75) is 44.1 Å². The first-order valence-corrected chi connectivity index (χ1v) is 10.4. The maximum absolute atomic E-state index is 12.3. The molecule has 0 fully saturated rings. The van der Waals surface area contributed by atoms with Crippen LogP contribution in [0.25, 0.3) is 0 Å². The van der Waals surface area contributed by atoms with Crippen LogP contribution in [0.2, 0.25) is 0 Å². The number of nitrogens with two attached hydrogens (primary N) is 1. The number of benzene rings is 1. The van der Waals surface area contributed by atoms with Crippen molar-refractivity contribution in [2.24, 2.45) is 0 Å². The number of nitrogen functional groups attached to an aromatic ring is 1. The molecule has 0 spiro atoms. The Morgan fingerprint density at radius 2 is 1.94 bits per heavy atom. The van der Waals surface area contributed by atoms with Gasteiger partial charge in [0.05, 0.1) is 0 Å². The number of hydrogen-bond acceptors (Lipinski definition) is 7. The van der Waals surface area contributed by atoms with Gasteiger partial charge in [0.2, 0.25) is 0 Å². The second-order valence-corrected chi connectivity index (χ2v) is 7.96. The molecule has 2 atom stereocenters. The van der Waals surface area contributed by atoms with Crippen molar-refractivity contribution in [1.29, 1.82) is 0 Å². The number of aryl methyl sites for hydroxylation is 1. The van der Waals surface area contributed by atoms with Gasteiger partial charge in [-0.05, 0) is 43.4 Å². The van der Waals surface area contributed by atoms with Crippen LogP contribution < -0.4 is 16.0 Å². The van der Waals surface area contributed by atoms with Crippen molar-refractivity contribution in [2.75, 3.05) is 24.2 Å². The van der Waals surface area contributed by atoms with Crippen LogP contribution in [0.1, 0.15) is 53.1 Å². The van der Waals surface area contributed by atoms with E-state index >= 15 is 0 Å². The van der Waals surface area contributed by atoms with Gasteiger partial charge in [-0.1, -0.05) is 12.1 Å². The standard InChI is InChI=1S/C22H27N5O5/c1-27-11-15(18-19(23)24-12-25-20(18)27)4-2-3-13-5-7-14(8-6-13)21(30)26-16(22(31)32)9-10-17(28)29/h5-8,12,15-16H,2-4,9-11H2,1H3,(H,26,30)(H,28,29)(H,31,32)(H2,23,24,25)/t15?,16-/m0/s1. The molecule has 0 saturated carbocycles. The Morgan fingerprint density at radius 3 is 2.59 bits per heavy atom. The molecule has 0 radical (unpaired) electrons. The lowest BCUT2D eigenvalue weighted by molar-refractivity contribution is -0.140. The Balaban J connectivity index is 1.52. The van der Waals surface area contributed by atoms with Crippen molar-refractivity contribution in [3.05, 3.63) is 47.3 Å². The average molecular weight is 441 g/mol. The van der Waals surface area contributed by atoms with Crippen LogP contribution in [-0.4, -0.2) is 57.7 Å². The molecule has 1 aromatic carbocycles. The molecule has 5 N–H and O–H groups in total. The molecule has 0 aliphatic carbocycles. The Hall–Kier alpha value is -3.69. The number of carbonyl (C=O) groups is 3. The molecule has 1 aliphatic heterocycles. The number of carboxylic acids is 2. The van der Waals surface area contributed by atoms with Gasteiger partial charge in [-0.2, -0.15) is 0 Å². The number of fused-ring (bicyclic) bond motifs is 1. The van der Waals surface area contributed by atoms with Crippen molar-refractivity contribution in [3.63, 3.8) is 0 Å². The zero-order valence-corrected chi connectivity index (χ0v) is 17.8. The minimum atomic E-state index is -1.26. The zero-order chi connectivity index (χ0) is 23.3. The molecular formula is C22H27N5O5. The molecule has 32 heavy (non-hydrogen) atoms. The van der Waals surface area contributed by atoms with E-state index in [1.165, 1.54) is 6.33 Å². The number of aromatic nitrogens is 2. The highest BCUT2D eigenvalue weighted by Crippen LogP contribution is 2.39. The summed E-state index contributed by atoms with van der Waals surface area (Å²) in [5, 5.41) is 20.3. The molecule has 3 rings (SSSR count). The summed E-state index contributed by atoms with van der Waals surface area (Å²) in [6.07, 6.45) is 3.64. The maximum Gasteiger partial charge on any atom is 0.326 e. The number of likely N-dealkylation sites (N-methyl/N-ethyl adjacent to an activating group) is 1. The van der Waals surface area contributed by atoms with E-state index in [0.717, 1.165) is 42.8 Å². The Kier molecular flexibility index (Phi) is 7.24. The van der Waals surface area contributed by atoms with Crippen LogP contribution in [-0.2, 0) is 16.0 Å². The quantitative estimate of drug-likeness (QED) is 0.430. The fraction of sp³-hybridized carbons (Fsp3) is 0.409. The summed E-state index contributed by atoms with van der Waals surface area (Å²) in [4.78, 5) is 44.8. The fourth-order valence-electron chi connectivity index (χ4n) is 3.98. The molecule has 2 heterocycles. The SMILES string of the molecule is CN1CC(CCCc2ccc(C(=O)N[C@@H](CCC(=O)O)C(=O)O)cc2)c2c(N)ncnc21. The highest BCUT2D eigenvalue weighted by molar-refractivity contribution is 5.96. The smallest absolute Gasteiger partial charge is 0.326 e. The van der Waals surface area contributed by atoms with Crippen molar-refractivity contribution >= 4 is 29.5 Å². The van der Waals surface area contributed by atoms with Crippen LogP contribution in [0.15, 0.2) is 30.6 Å². The van der Waals surface area contributed by atoms with Crippen LogP contribution >= 0.6 is 0 Å². The third-order valence-corrected chi connectivity index (χ3v) is 5.64. The number of nitrogens with zero attached hydrogens (tertiary/aromatic N) is 3. The lowest BCUT2D eigenvalue weighted by Crippen LogP contribution is -2.41. The fourth-order valence-corrected chi connectivity index (χ4v) is 3.98. The van der Waals surface area contributed by atoms with E-state index in [1.54, 1.807) is 12.1 Å². The molecule has 1 aliphatic rings. The molecule has 10 nitrogen and oxygen atoms in total. The first kappa shape index (κ1) is 23.0. The number of anilines is 2. The monoisotopic (exact) mass is 441 g/mol. The van der Waals surface area contributed by atoms with E-state index in [1.807, 2.05) is 19.2 Å². The van der Waals surface area contributed by atoms with Gasteiger partial charge in [-0.15, -0.1) is 0 Å². The van der Waals surface area contributed by atoms with Gasteiger partial charge < -0.3 is 26.2 Å². The number of carboxylic acid groups (broad SMARTS) is 2. The summed E-state index contributed by atoms with van der Waals surface area (Å²) in [7, 11) is 1.99. The number of amides is 1. The molecule has 170 valence electrons. The summed E-state index contributed by atoms with van der Waals surface area (Å²) in [6.45, 7) is 0.851. The van der Waals surface area contributed by atoms with Crippen LogP contribution in [0.3, 0.4) is 0 Å². The van der Waals surface area contributed by atoms with Crippen molar-refractivity contribution in [1.82, 2.24) is 15.3 Å². The van der Waals surface area contributed by atoms with Crippen molar-refractivity contribution < 1.29 is 24.6 Å². The maximum atomic E-state index is 12.3. The first-order valence-electron chi connectivity index (χ1n) is 10.4.